The number of aliphatic carboxylic acids is 1. The number of carbonyl (C=O) groups excluding carboxylic acids is 11. The van der Waals surface area contributed by atoms with Gasteiger partial charge in [-0.2, -0.15) is 0 Å². The summed E-state index contributed by atoms with van der Waals surface area (Å²) >= 11 is 0. The summed E-state index contributed by atoms with van der Waals surface area (Å²) in [7, 11) is 7.46. The van der Waals surface area contributed by atoms with Crippen LogP contribution in [0.1, 0.15) is 130 Å². The lowest BCUT2D eigenvalue weighted by molar-refractivity contribution is -0.271. The number of unbranched alkanes of at least 4 members (excludes halogenated alkanes) is 1. The lowest BCUT2D eigenvalue weighted by atomic mass is 9.89. The zero-order valence-electron chi connectivity index (χ0n) is 83.3. The first kappa shape index (κ1) is 121. The molecule has 0 aromatic heterocycles. The van der Waals surface area contributed by atoms with Gasteiger partial charge in [-0.15, -0.1) is 0 Å². The number of amides is 11. The smallest absolute Gasteiger partial charge is 0.410 e. The number of benzene rings is 2. The molecule has 0 unspecified atom stereocenters. The number of imide groups is 1. The molecule has 2 aromatic rings. The van der Waals surface area contributed by atoms with Crippen LogP contribution < -0.4 is 42.4 Å². The largest absolute Gasteiger partial charge is 0.479 e. The average Bonchev–Trinajstić information content (AvgIpc) is 1.05. The van der Waals surface area contributed by atoms with E-state index in [9.17, 15) is 78.3 Å². The molecular weight excluding hydrogens is 1840 g/mol. The van der Waals surface area contributed by atoms with E-state index in [0.717, 1.165) is 17.1 Å². The number of methoxy groups -OCH3 is 3. The molecule has 45 nitrogen and oxygen atoms in total. The van der Waals surface area contributed by atoms with Crippen LogP contribution in [0.15, 0.2) is 60.7 Å². The van der Waals surface area contributed by atoms with Gasteiger partial charge in [0.15, 0.2) is 6.10 Å². The van der Waals surface area contributed by atoms with Crippen molar-refractivity contribution in [1.82, 2.24) is 46.2 Å². The van der Waals surface area contributed by atoms with Crippen molar-refractivity contribution >= 4 is 76.8 Å². The van der Waals surface area contributed by atoms with Gasteiger partial charge in [-0.05, 0) is 80.0 Å². The molecule has 0 aliphatic carbocycles. The monoisotopic (exact) mass is 1990 g/mol. The van der Waals surface area contributed by atoms with Crippen LogP contribution in [0.3, 0.4) is 0 Å². The molecule has 3 aliphatic rings. The molecule has 3 aliphatic heterocycles. The first-order valence-electron chi connectivity index (χ1n) is 48.0. The maximum absolute atomic E-state index is 15.0. The van der Waals surface area contributed by atoms with Crippen LogP contribution in [0.25, 0.3) is 0 Å². The number of carbonyl (C=O) groups is 12. The maximum atomic E-state index is 15.0. The van der Waals surface area contributed by atoms with Crippen molar-refractivity contribution in [2.75, 3.05) is 219 Å². The van der Waals surface area contributed by atoms with Crippen LogP contribution in [-0.2, 0) is 135 Å². The maximum Gasteiger partial charge on any atom is 0.410 e. The van der Waals surface area contributed by atoms with E-state index in [0.29, 0.717) is 175 Å². The van der Waals surface area contributed by atoms with Crippen LogP contribution in [-0.4, -0.2) is 415 Å². The lowest BCUT2D eigenvalue weighted by Gasteiger charge is -2.41. The highest BCUT2D eigenvalue weighted by Crippen LogP contribution is 2.34. The summed E-state index contributed by atoms with van der Waals surface area (Å²) in [6, 6.07) is 5.57. The number of nitrogens with zero attached hydrogens (tertiary/aromatic N) is 4. The first-order valence-corrected chi connectivity index (χ1v) is 48.0. The normalized spacial score (nSPS) is 18.9. The highest BCUT2D eigenvalue weighted by atomic mass is 16.7. The van der Waals surface area contributed by atoms with Crippen molar-refractivity contribution in [2.24, 2.45) is 29.4 Å². The highest BCUT2D eigenvalue weighted by molar-refractivity contribution is 6.15. The highest BCUT2D eigenvalue weighted by Gasteiger charge is 2.50. The van der Waals surface area contributed by atoms with Crippen molar-refractivity contribution in [1.29, 1.82) is 0 Å². The molecular formula is C95H155N11O34. The Morgan fingerprint density at radius 3 is 1.61 bits per heavy atom. The number of nitrogens with one attached hydrogen (secondary N) is 6. The van der Waals surface area contributed by atoms with Crippen molar-refractivity contribution in [3.8, 4) is 5.75 Å². The molecule has 0 spiro atoms. The summed E-state index contributed by atoms with van der Waals surface area (Å²) in [5, 5.41) is 69.3. The summed E-state index contributed by atoms with van der Waals surface area (Å²) < 4.78 is 94.5. The Balaban J connectivity index is 1.10. The van der Waals surface area contributed by atoms with Crippen molar-refractivity contribution < 1.29 is 164 Å². The predicted molar refractivity (Wildman–Crippen MR) is 504 cm³/mol. The fraction of sp³-hybridized carbons (Fsp3) is 0.726. The topological polar surface area (TPSA) is 574 Å². The second-order valence-electron chi connectivity index (χ2n) is 34.6. The minimum atomic E-state index is -2.11. The lowest BCUT2D eigenvalue weighted by Crippen LogP contribution is -2.61. The number of nitrogens with two attached hydrogens (primary N) is 1. The number of carboxylic acids is 1. The summed E-state index contributed by atoms with van der Waals surface area (Å²) in [6.45, 7) is 22.4. The molecule has 0 saturated carbocycles. The summed E-state index contributed by atoms with van der Waals surface area (Å²) in [4.78, 5) is 169. The molecule has 13 N–H and O–H groups in total. The number of likely N-dealkylation sites (tertiary alicyclic amines) is 1. The third-order valence-corrected chi connectivity index (χ3v) is 23.6. The van der Waals surface area contributed by atoms with Gasteiger partial charge in [-0.3, -0.25) is 57.7 Å². The van der Waals surface area contributed by atoms with Crippen LogP contribution in [0.2, 0.25) is 0 Å². The van der Waals surface area contributed by atoms with E-state index in [2.05, 4.69) is 31.9 Å². The number of ether oxygens (including phenoxy) is 17. The summed E-state index contributed by atoms with van der Waals surface area (Å²) in [6.07, 6.45) is -10.5. The van der Waals surface area contributed by atoms with Crippen molar-refractivity contribution in [3.05, 3.63) is 71.8 Å². The number of aliphatic hydroxyl groups is 4. The van der Waals surface area contributed by atoms with Gasteiger partial charge in [0.1, 0.15) is 54.8 Å². The van der Waals surface area contributed by atoms with Crippen molar-refractivity contribution in [2.45, 2.75) is 211 Å². The fourth-order valence-corrected chi connectivity index (χ4v) is 15.7. The van der Waals surface area contributed by atoms with Crippen LogP contribution in [0.4, 0.5) is 10.5 Å². The van der Waals surface area contributed by atoms with Crippen LogP contribution in [0.5, 0.6) is 5.75 Å². The molecule has 11 amide bonds. The Morgan fingerprint density at radius 2 is 1.11 bits per heavy atom. The fourth-order valence-electron chi connectivity index (χ4n) is 15.7. The SMILES string of the molecule is CC[C@H](C)[C@@H]([C@@H](CC(=O)N1CCC[C@H]1[C@H](OC)[C@@H](C)C(=O)N[C@H](C)[C@@H](O)c1ccccc1)OC)N(C)C(=O)[C@@H](NC(=O)[C@H](C(C)C)N(C)C(=O)OCc1ccc(O[C@@H]2O[C@H](C(=O)O)[C@@H](O)[C@H](O)[C@H]2O)c(NC(=O)CCNC(=O)[C@H](CCCCNC(=O)CCOCCOCCOCCOCCOCCOCCOCCOCCOCCOCCOCCOC)NC(=O)[C@H](CN)N2C(=O)C=CC2=O)c1)C(C)C. The Kier molecular flexibility index (Phi) is 59.0. The first-order chi connectivity index (χ1) is 67.2. The second kappa shape index (κ2) is 68.1. The molecule has 2 saturated heterocycles. The van der Waals surface area contributed by atoms with Gasteiger partial charge in [-0.25, -0.2) is 9.59 Å². The molecule has 17 atom stereocenters. The molecule has 5 rings (SSSR count). The van der Waals surface area contributed by atoms with Gasteiger partial charge in [0.25, 0.3) is 11.8 Å². The quantitative estimate of drug-likeness (QED) is 0.0318. The molecule has 2 fully saturated rings. The number of rotatable bonds is 75. The number of likely N-dealkylation sites (N-methyl/N-ethyl adjacent to an activating group) is 2. The molecule has 794 valence electrons. The molecule has 140 heavy (non-hydrogen) atoms. The number of aliphatic hydroxyl groups excluding tert-OH is 4. The van der Waals surface area contributed by atoms with Gasteiger partial charge in [0.05, 0.1) is 206 Å². The third-order valence-electron chi connectivity index (χ3n) is 23.6. The summed E-state index contributed by atoms with van der Waals surface area (Å²) in [5.41, 5.74) is 6.46. The van der Waals surface area contributed by atoms with E-state index in [4.69, 9.17) is 86.3 Å². The number of carboxylic acid groups (broad SMARTS) is 1. The van der Waals surface area contributed by atoms with E-state index >= 15 is 4.79 Å². The average molecular weight is 2000 g/mol. The Bertz CT molecular complexity index is 4020. The predicted octanol–water partition coefficient (Wildman–Crippen LogP) is 0.537. The van der Waals surface area contributed by atoms with Gasteiger partial charge >= 0.3 is 12.1 Å². The van der Waals surface area contributed by atoms with Gasteiger partial charge in [0, 0.05) is 86.6 Å². The minimum Gasteiger partial charge on any atom is -0.479 e. The summed E-state index contributed by atoms with van der Waals surface area (Å²) in [5.74, 6) is -10.6. The number of anilines is 1. The Hall–Kier alpha value is -9.18. The van der Waals surface area contributed by atoms with E-state index in [1.165, 1.54) is 44.4 Å². The second-order valence-corrected chi connectivity index (χ2v) is 34.6. The number of hydrogen-bond donors (Lipinski definition) is 12. The third kappa shape index (κ3) is 42.4. The van der Waals surface area contributed by atoms with E-state index in [-0.39, 0.29) is 92.7 Å². The van der Waals surface area contributed by atoms with Crippen molar-refractivity contribution in [3.63, 3.8) is 0 Å². The molecule has 2 aromatic carbocycles. The van der Waals surface area contributed by atoms with Crippen LogP contribution in [0, 0.1) is 23.7 Å². The molecule has 0 radical (unpaired) electrons. The Morgan fingerprint density at radius 1 is 0.579 bits per heavy atom. The van der Waals surface area contributed by atoms with E-state index < -0.39 is 189 Å². The molecule has 0 bridgehead atoms. The Labute approximate surface area is 820 Å². The van der Waals surface area contributed by atoms with Crippen LogP contribution >= 0.6 is 0 Å². The molecule has 3 heterocycles. The van der Waals surface area contributed by atoms with Gasteiger partial charge in [-0.1, -0.05) is 91.3 Å². The standard InChI is InChI=1S/C95H155N11O34/c1-14-63(6)81(73(125-12)58-78(111)105-33-20-24-70(105)86(126-13)64(7)88(116)99-65(8)82(112)67-21-16-15-17-22-67)103(9)92(120)79(61(2)3)102-91(119)80(62(4)5)104(10)95(123)138-60-66-25-26-72(139-94-85(115)83(113)84(114)87(140-94)93(121)122)69(57-66)100-75(108)29-32-98-89(117)68(101-90(118)71(59-96)106-76(109)27-28-77(106)110)23-18-19-31-97-74(107)30-34-127-37-38-129-41-42-131-45-46-133-49-50-135-53-54-137-56-55-136-52-51-134-48-47-132-44-43-130-40-39-128-36-35-124-11/h15-17,21-22,25-28,57,61-65,68,70-71,73,79-87,94,112-115H,14,18-20,23-24,29-56,58-60,96H2,1-13H3,(H,97,107)(H,98,117)(H,99,116)(H,100,108)(H,101,118)(H,102,119)(H,121,122)/t63-,64+,65+,68-,70-,71-,73+,79-,80-,81-,82+,83-,84-,85+,86+,87-,94+/m0/s1. The zero-order valence-corrected chi connectivity index (χ0v) is 83.3. The van der Waals surface area contributed by atoms with Gasteiger partial charge < -0.3 is 153 Å². The molecule has 45 heteroatoms. The number of hydrogen-bond acceptors (Lipinski definition) is 34. The minimum absolute atomic E-state index is 0.0168. The van der Waals surface area contributed by atoms with E-state index in [1.807, 2.05) is 19.9 Å². The van der Waals surface area contributed by atoms with E-state index in [1.54, 1.807) is 84.9 Å². The van der Waals surface area contributed by atoms with Gasteiger partial charge in [0.2, 0.25) is 53.5 Å². The zero-order chi connectivity index (χ0) is 103.